The van der Waals surface area contributed by atoms with E-state index in [1.165, 1.54) is 0 Å². The zero-order valence-electron chi connectivity index (χ0n) is 37.7. The average Bonchev–Trinajstić information content (AvgIpc) is 4.05. The molecule has 0 aliphatic carbocycles. The fourth-order valence-electron chi connectivity index (χ4n) is 9.91. The molecule has 12 rings (SSSR count). The van der Waals surface area contributed by atoms with Crippen molar-refractivity contribution in [1.82, 2.24) is 24.1 Å². The van der Waals surface area contributed by atoms with Gasteiger partial charge in [-0.3, -0.25) is 0 Å². The Labute approximate surface area is 398 Å². The summed E-state index contributed by atoms with van der Waals surface area (Å²) in [5, 5.41) is 6.59. The molecule has 0 spiro atoms. The first-order chi connectivity index (χ1) is 34.0. The summed E-state index contributed by atoms with van der Waals surface area (Å²) in [5.74, 6) is 1.62. The van der Waals surface area contributed by atoms with Crippen molar-refractivity contribution in [2.24, 2.45) is 0 Å². The van der Waals surface area contributed by atoms with Crippen molar-refractivity contribution in [2.75, 3.05) is 0 Å². The van der Waals surface area contributed by atoms with Crippen LogP contribution in [0.5, 0.6) is 0 Å². The first kappa shape index (κ1) is 41.1. The van der Waals surface area contributed by atoms with Gasteiger partial charge in [0.15, 0.2) is 17.5 Å². The van der Waals surface area contributed by atoms with E-state index in [1.807, 2.05) is 85.0 Å². The molecule has 4 aromatic heterocycles. The second-order valence-corrected chi connectivity index (χ2v) is 17.0. The number of benzene rings is 8. The zero-order chi connectivity index (χ0) is 46.6. The van der Waals surface area contributed by atoms with Gasteiger partial charge in [0.05, 0.1) is 27.8 Å². The number of fused-ring (bicyclic) bond motifs is 9. The molecule has 0 atom stereocenters. The quantitative estimate of drug-likeness (QED) is 0.121. The summed E-state index contributed by atoms with van der Waals surface area (Å²) in [5.41, 5.74) is 14.0. The Balaban J connectivity index is 1.17. The Kier molecular flexibility index (Phi) is 10.00. The van der Waals surface area contributed by atoms with E-state index in [-0.39, 0.29) is 0 Å². The molecule has 0 amide bonds. The van der Waals surface area contributed by atoms with Crippen molar-refractivity contribution in [2.45, 2.75) is 0 Å². The molecule has 0 aliphatic rings. The zero-order valence-corrected chi connectivity index (χ0v) is 37.7. The van der Waals surface area contributed by atoms with Gasteiger partial charge < -0.3 is 13.6 Å². The molecule has 0 fully saturated rings. The molecule has 0 saturated carbocycles. The van der Waals surface area contributed by atoms with Gasteiger partial charge in [0.2, 0.25) is 0 Å². The first-order valence-electron chi connectivity index (χ1n) is 22.9. The lowest BCUT2D eigenvalue weighted by Gasteiger charge is -2.21. The molecule has 0 saturated heterocycles. The molecular formula is C63H43N5O. The van der Waals surface area contributed by atoms with E-state index in [1.54, 1.807) is 6.08 Å². The second kappa shape index (κ2) is 16.8. The minimum absolute atomic E-state index is 0.526. The number of para-hydroxylation sites is 3. The van der Waals surface area contributed by atoms with E-state index in [4.69, 9.17) is 19.4 Å². The lowest BCUT2D eigenvalue weighted by Crippen LogP contribution is -2.05. The van der Waals surface area contributed by atoms with Crippen molar-refractivity contribution in [3.8, 4) is 51.0 Å². The SMILES string of the molecule is C=C/C=C\C(=C)n1c2ccccc2c2cc3c(cc21)c1ccccc1n3-c1c(/C(C=C)=C/C=C)cc(-c2nc(-c3ccccc3)nc(-c3ccc4c(c3)oc3ccccc34)n2)cc1-c1ccccc1. The molecule has 0 N–H and O–H groups in total. The van der Waals surface area contributed by atoms with E-state index < -0.39 is 0 Å². The van der Waals surface area contributed by atoms with E-state index in [2.05, 4.69) is 157 Å². The van der Waals surface area contributed by atoms with Gasteiger partial charge in [-0.15, -0.1) is 0 Å². The Morgan fingerprint density at radius 1 is 0.464 bits per heavy atom. The third kappa shape index (κ3) is 6.85. The summed E-state index contributed by atoms with van der Waals surface area (Å²) >= 11 is 0. The predicted octanol–water partition coefficient (Wildman–Crippen LogP) is 16.6. The number of hydrogen-bond donors (Lipinski definition) is 0. The molecule has 0 aliphatic heterocycles. The lowest BCUT2D eigenvalue weighted by atomic mass is 9.92. The highest BCUT2D eigenvalue weighted by atomic mass is 16.3. The Morgan fingerprint density at radius 3 is 1.78 bits per heavy atom. The first-order valence-corrected chi connectivity index (χ1v) is 22.9. The molecule has 326 valence electrons. The van der Waals surface area contributed by atoms with Gasteiger partial charge in [-0.25, -0.2) is 15.0 Å². The average molecular weight is 886 g/mol. The van der Waals surface area contributed by atoms with Gasteiger partial charge in [-0.05, 0) is 71.8 Å². The maximum Gasteiger partial charge on any atom is 0.164 e. The van der Waals surface area contributed by atoms with Gasteiger partial charge in [0.1, 0.15) is 11.2 Å². The van der Waals surface area contributed by atoms with Crippen LogP contribution in [0.2, 0.25) is 0 Å². The molecule has 69 heavy (non-hydrogen) atoms. The van der Waals surface area contributed by atoms with Crippen molar-refractivity contribution >= 4 is 76.8 Å². The molecule has 0 bridgehead atoms. The van der Waals surface area contributed by atoms with Crippen LogP contribution in [0.15, 0.2) is 243 Å². The molecule has 12 aromatic rings. The second-order valence-electron chi connectivity index (χ2n) is 17.0. The Hall–Kier alpha value is -9.39. The fourth-order valence-corrected chi connectivity index (χ4v) is 9.91. The summed E-state index contributed by atoms with van der Waals surface area (Å²) in [7, 11) is 0. The summed E-state index contributed by atoms with van der Waals surface area (Å²) in [6.07, 6.45) is 11.4. The molecule has 6 heteroatoms. The van der Waals surface area contributed by atoms with Crippen molar-refractivity contribution < 1.29 is 4.42 Å². The number of hydrogen-bond acceptors (Lipinski definition) is 4. The normalized spacial score (nSPS) is 12.0. The number of furan rings is 1. The molecule has 4 heterocycles. The van der Waals surface area contributed by atoms with Crippen molar-refractivity contribution in [3.05, 3.63) is 244 Å². The highest BCUT2D eigenvalue weighted by molar-refractivity contribution is 6.20. The third-order valence-corrected chi connectivity index (χ3v) is 13.0. The smallest absolute Gasteiger partial charge is 0.164 e. The van der Waals surface area contributed by atoms with Crippen LogP contribution in [0.25, 0.3) is 128 Å². The van der Waals surface area contributed by atoms with Gasteiger partial charge in [0, 0.05) is 65.8 Å². The summed E-state index contributed by atoms with van der Waals surface area (Å²) in [6, 6.07) is 61.1. The highest BCUT2D eigenvalue weighted by Crippen LogP contribution is 2.45. The van der Waals surface area contributed by atoms with Gasteiger partial charge in [-0.1, -0.05) is 178 Å². The number of rotatable bonds is 11. The maximum atomic E-state index is 6.36. The third-order valence-electron chi connectivity index (χ3n) is 13.0. The van der Waals surface area contributed by atoms with Crippen LogP contribution in [0.1, 0.15) is 5.56 Å². The van der Waals surface area contributed by atoms with Crippen LogP contribution < -0.4 is 0 Å². The highest BCUT2D eigenvalue weighted by Gasteiger charge is 2.25. The number of aromatic nitrogens is 5. The van der Waals surface area contributed by atoms with Gasteiger partial charge in [-0.2, -0.15) is 0 Å². The Morgan fingerprint density at radius 2 is 1.06 bits per heavy atom. The molecular weight excluding hydrogens is 843 g/mol. The minimum atomic E-state index is 0.526. The molecule has 8 aromatic carbocycles. The topological polar surface area (TPSA) is 61.7 Å². The van der Waals surface area contributed by atoms with E-state index in [9.17, 15) is 0 Å². The van der Waals surface area contributed by atoms with E-state index in [0.29, 0.717) is 17.5 Å². The van der Waals surface area contributed by atoms with Crippen LogP contribution in [0, 0.1) is 0 Å². The molecule has 6 nitrogen and oxygen atoms in total. The van der Waals surface area contributed by atoms with Gasteiger partial charge in [0.25, 0.3) is 0 Å². The van der Waals surface area contributed by atoms with Crippen LogP contribution in [0.4, 0.5) is 0 Å². The summed E-state index contributed by atoms with van der Waals surface area (Å²) < 4.78 is 11.0. The van der Waals surface area contributed by atoms with Crippen LogP contribution in [0.3, 0.4) is 0 Å². The van der Waals surface area contributed by atoms with Crippen molar-refractivity contribution in [3.63, 3.8) is 0 Å². The summed E-state index contributed by atoms with van der Waals surface area (Å²) in [6.45, 7) is 17.0. The standard InChI is InChI=1S/C63H43N5O/c1-5-8-22-40(4)67-54-30-18-15-27-46(54)52-39-57-53(38-56(52)67)47-28-16-19-31-55(47)68(57)60-50(41(7-3)21-6-2)35-45(36-51(60)42-23-11-9-12-24-42)63-65-61(43-25-13-10-14-26-43)64-62(66-63)44-33-34-49-48-29-17-20-32-58(48)69-59(49)37-44/h5-39H,1-4H2/b22-8-,41-21+. The van der Waals surface area contributed by atoms with E-state index in [0.717, 1.165) is 116 Å². The van der Waals surface area contributed by atoms with Crippen LogP contribution >= 0.6 is 0 Å². The predicted molar refractivity (Wildman–Crippen MR) is 289 cm³/mol. The lowest BCUT2D eigenvalue weighted by molar-refractivity contribution is 0.669. The van der Waals surface area contributed by atoms with Crippen LogP contribution in [-0.2, 0) is 0 Å². The molecule has 0 radical (unpaired) electrons. The van der Waals surface area contributed by atoms with E-state index >= 15 is 0 Å². The Bertz CT molecular complexity index is 4140. The monoisotopic (exact) mass is 885 g/mol. The summed E-state index contributed by atoms with van der Waals surface area (Å²) in [4.78, 5) is 15.7. The number of nitrogens with zero attached hydrogens (tertiary/aromatic N) is 5. The van der Waals surface area contributed by atoms with Gasteiger partial charge >= 0.3 is 0 Å². The maximum absolute atomic E-state index is 6.36. The number of allylic oxidation sites excluding steroid dienone is 8. The van der Waals surface area contributed by atoms with Crippen LogP contribution in [-0.4, -0.2) is 24.1 Å². The minimum Gasteiger partial charge on any atom is -0.456 e. The molecule has 0 unspecified atom stereocenters. The van der Waals surface area contributed by atoms with Crippen molar-refractivity contribution in [1.29, 1.82) is 0 Å². The largest absolute Gasteiger partial charge is 0.456 e. The fraction of sp³-hybridized carbons (Fsp3) is 0.